The lowest BCUT2D eigenvalue weighted by Gasteiger charge is -2.13. The molecule has 2 heterocycles. The summed E-state index contributed by atoms with van der Waals surface area (Å²) in [5.41, 5.74) is 4.17. The first-order valence-corrected chi connectivity index (χ1v) is 7.06. The van der Waals surface area contributed by atoms with E-state index in [1.807, 2.05) is 29.3 Å². The van der Waals surface area contributed by atoms with Crippen LogP contribution in [0.25, 0.3) is 0 Å². The first kappa shape index (κ1) is 13.3. The van der Waals surface area contributed by atoms with Gasteiger partial charge in [-0.1, -0.05) is 6.92 Å². The van der Waals surface area contributed by atoms with Crippen LogP contribution in [0.1, 0.15) is 34.7 Å². The molecule has 18 heavy (non-hydrogen) atoms. The number of hydrogen-bond acceptors (Lipinski definition) is 4. The van der Waals surface area contributed by atoms with E-state index in [-0.39, 0.29) is 6.04 Å². The predicted octanol–water partition coefficient (Wildman–Crippen LogP) is 2.18. The second kappa shape index (κ2) is 6.13. The van der Waals surface area contributed by atoms with Gasteiger partial charge >= 0.3 is 0 Å². The predicted molar refractivity (Wildman–Crippen MR) is 75.3 cm³/mol. The van der Waals surface area contributed by atoms with Gasteiger partial charge < -0.3 is 0 Å². The summed E-state index contributed by atoms with van der Waals surface area (Å²) in [4.78, 5) is 2.73. The average molecular weight is 264 g/mol. The number of nitrogens with two attached hydrogens (primary N) is 1. The lowest BCUT2D eigenvalue weighted by Crippen LogP contribution is -2.27. The molecule has 0 aliphatic heterocycles. The van der Waals surface area contributed by atoms with Gasteiger partial charge in [0.05, 0.1) is 12.2 Å². The van der Waals surface area contributed by atoms with E-state index in [2.05, 4.69) is 35.8 Å². The number of thiophene rings is 1. The molecule has 98 valence electrons. The minimum atomic E-state index is 0.232. The van der Waals surface area contributed by atoms with Crippen LogP contribution in [-0.4, -0.2) is 9.78 Å². The number of hydrogen-bond donors (Lipinski definition) is 2. The zero-order valence-electron chi connectivity index (χ0n) is 10.9. The van der Waals surface area contributed by atoms with Gasteiger partial charge in [0.2, 0.25) is 0 Å². The van der Waals surface area contributed by atoms with Crippen molar-refractivity contribution in [3.05, 3.63) is 39.8 Å². The first-order valence-electron chi connectivity index (χ1n) is 6.25. The highest BCUT2D eigenvalue weighted by Gasteiger charge is 2.12. The van der Waals surface area contributed by atoms with Gasteiger partial charge in [-0.2, -0.15) is 5.10 Å². The zero-order chi connectivity index (χ0) is 13.0. The van der Waals surface area contributed by atoms with E-state index in [0.717, 1.165) is 19.3 Å². The van der Waals surface area contributed by atoms with Crippen molar-refractivity contribution < 1.29 is 0 Å². The number of aryl methyl sites for hydroxylation is 3. The number of rotatable bonds is 6. The fourth-order valence-electron chi connectivity index (χ4n) is 1.99. The van der Waals surface area contributed by atoms with Gasteiger partial charge in [-0.25, -0.2) is 0 Å². The lowest BCUT2D eigenvalue weighted by atomic mass is 10.1. The highest BCUT2D eigenvalue weighted by molar-refractivity contribution is 7.12. The molecule has 0 radical (unpaired) electrons. The fraction of sp³-hybridized carbons (Fsp3) is 0.462. The minimum Gasteiger partial charge on any atom is -0.276 e. The Balaban J connectivity index is 1.96. The van der Waals surface area contributed by atoms with Crippen LogP contribution < -0.4 is 11.3 Å². The molecule has 3 N–H and O–H groups in total. The summed E-state index contributed by atoms with van der Waals surface area (Å²) in [7, 11) is 1.94. The van der Waals surface area contributed by atoms with Gasteiger partial charge in [-0.3, -0.25) is 16.0 Å². The van der Waals surface area contributed by atoms with E-state index in [4.69, 9.17) is 5.84 Å². The van der Waals surface area contributed by atoms with Crippen molar-refractivity contribution in [3.63, 3.8) is 0 Å². The van der Waals surface area contributed by atoms with Crippen molar-refractivity contribution in [2.24, 2.45) is 12.9 Å². The molecule has 0 aliphatic carbocycles. The highest BCUT2D eigenvalue weighted by Crippen LogP contribution is 2.26. The van der Waals surface area contributed by atoms with Gasteiger partial charge in [0.1, 0.15) is 0 Å². The summed E-state index contributed by atoms with van der Waals surface area (Å²) in [6, 6.07) is 4.60. The molecule has 0 fully saturated rings. The van der Waals surface area contributed by atoms with Crippen molar-refractivity contribution in [2.75, 3.05) is 0 Å². The Labute approximate surface area is 112 Å². The molecule has 0 bridgehead atoms. The summed E-state index contributed by atoms with van der Waals surface area (Å²) in [6.45, 7) is 2.18. The number of hydrazine groups is 1. The van der Waals surface area contributed by atoms with Crippen LogP contribution in [-0.2, 0) is 19.9 Å². The molecule has 0 aromatic carbocycles. The van der Waals surface area contributed by atoms with Gasteiger partial charge in [0.15, 0.2) is 0 Å². The van der Waals surface area contributed by atoms with E-state index in [9.17, 15) is 0 Å². The van der Waals surface area contributed by atoms with Gasteiger partial charge in [0.25, 0.3) is 0 Å². The topological polar surface area (TPSA) is 55.9 Å². The van der Waals surface area contributed by atoms with E-state index in [0.29, 0.717) is 0 Å². The largest absolute Gasteiger partial charge is 0.276 e. The number of nitrogens with zero attached hydrogens (tertiary/aromatic N) is 2. The highest BCUT2D eigenvalue weighted by atomic mass is 32.1. The quantitative estimate of drug-likeness (QED) is 0.621. The normalized spacial score (nSPS) is 12.8. The molecule has 0 saturated carbocycles. The van der Waals surface area contributed by atoms with E-state index < -0.39 is 0 Å². The maximum atomic E-state index is 5.66. The first-order chi connectivity index (χ1) is 8.72. The van der Waals surface area contributed by atoms with Crippen LogP contribution in [0.3, 0.4) is 0 Å². The Bertz CT molecular complexity index is 489. The Hall–Kier alpha value is -1.17. The average Bonchev–Trinajstić information content (AvgIpc) is 2.99. The second-order valence-electron chi connectivity index (χ2n) is 4.44. The van der Waals surface area contributed by atoms with E-state index >= 15 is 0 Å². The minimum absolute atomic E-state index is 0.232. The van der Waals surface area contributed by atoms with Crippen molar-refractivity contribution in [1.82, 2.24) is 15.2 Å². The van der Waals surface area contributed by atoms with Gasteiger partial charge in [-0.05, 0) is 37.0 Å². The smallest absolute Gasteiger partial charge is 0.0556 e. The summed E-state index contributed by atoms with van der Waals surface area (Å²) in [5, 5.41) is 4.18. The Morgan fingerprint density at radius 1 is 1.50 bits per heavy atom. The van der Waals surface area contributed by atoms with Crippen LogP contribution in [0.5, 0.6) is 0 Å². The van der Waals surface area contributed by atoms with Crippen molar-refractivity contribution >= 4 is 11.3 Å². The molecule has 0 aliphatic rings. The summed E-state index contributed by atoms with van der Waals surface area (Å²) in [5.74, 6) is 5.66. The molecular weight excluding hydrogens is 244 g/mol. The maximum absolute atomic E-state index is 5.66. The number of nitrogens with one attached hydrogen (secondary N) is 1. The van der Waals surface area contributed by atoms with Crippen LogP contribution >= 0.6 is 11.3 Å². The SMILES string of the molecule is CCc1ccc(C(CCc2cnn(C)c2)NN)s1. The fourth-order valence-corrected chi connectivity index (χ4v) is 3.04. The van der Waals surface area contributed by atoms with E-state index in [1.54, 1.807) is 0 Å². The van der Waals surface area contributed by atoms with Crippen LogP contribution in [0.15, 0.2) is 24.5 Å². The molecule has 2 aromatic rings. The van der Waals surface area contributed by atoms with Crippen molar-refractivity contribution in [2.45, 2.75) is 32.2 Å². The van der Waals surface area contributed by atoms with Crippen LogP contribution in [0.4, 0.5) is 0 Å². The Morgan fingerprint density at radius 2 is 2.33 bits per heavy atom. The standard InChI is InChI=1S/C13H20N4S/c1-3-11-5-7-13(18-11)12(16-14)6-4-10-8-15-17(2)9-10/h5,7-9,12,16H,3-4,6,14H2,1-2H3. The molecule has 0 spiro atoms. The van der Waals surface area contributed by atoms with Crippen LogP contribution in [0.2, 0.25) is 0 Å². The lowest BCUT2D eigenvalue weighted by molar-refractivity contribution is 0.524. The van der Waals surface area contributed by atoms with Gasteiger partial charge in [0, 0.05) is 23.0 Å². The Kier molecular flexibility index (Phi) is 4.52. The second-order valence-corrected chi connectivity index (χ2v) is 5.64. The third-order valence-electron chi connectivity index (χ3n) is 3.06. The monoisotopic (exact) mass is 264 g/mol. The van der Waals surface area contributed by atoms with E-state index in [1.165, 1.54) is 15.3 Å². The molecule has 1 atom stereocenters. The molecule has 0 amide bonds. The Morgan fingerprint density at radius 3 is 2.89 bits per heavy atom. The molecule has 1 unspecified atom stereocenters. The third kappa shape index (κ3) is 3.19. The molecule has 2 rings (SSSR count). The molecule has 4 nitrogen and oxygen atoms in total. The molecular formula is C13H20N4S. The van der Waals surface area contributed by atoms with Gasteiger partial charge in [-0.15, -0.1) is 11.3 Å². The zero-order valence-corrected chi connectivity index (χ0v) is 11.7. The molecule has 5 heteroatoms. The molecule has 2 aromatic heterocycles. The van der Waals surface area contributed by atoms with Crippen molar-refractivity contribution in [1.29, 1.82) is 0 Å². The summed E-state index contributed by atoms with van der Waals surface area (Å²) < 4.78 is 1.83. The summed E-state index contributed by atoms with van der Waals surface area (Å²) in [6.07, 6.45) is 7.04. The van der Waals surface area contributed by atoms with Crippen LogP contribution in [0, 0.1) is 0 Å². The molecule has 0 saturated heterocycles. The third-order valence-corrected chi connectivity index (χ3v) is 4.40. The summed E-state index contributed by atoms with van der Waals surface area (Å²) >= 11 is 1.84. The maximum Gasteiger partial charge on any atom is 0.0556 e. The van der Waals surface area contributed by atoms with Crippen molar-refractivity contribution in [3.8, 4) is 0 Å². The number of aromatic nitrogens is 2.